The molecule has 0 aromatic carbocycles. The van der Waals surface area contributed by atoms with Crippen LogP contribution in [0.1, 0.15) is 54.4 Å². The van der Waals surface area contributed by atoms with Gasteiger partial charge in [0.1, 0.15) is 5.60 Å². The number of nitrogens with zero attached hydrogens (tertiary/aromatic N) is 1. The van der Waals surface area contributed by atoms with Crippen LogP contribution in [0, 0.1) is 5.41 Å². The van der Waals surface area contributed by atoms with Crippen molar-refractivity contribution in [1.82, 2.24) is 4.90 Å². The summed E-state index contributed by atoms with van der Waals surface area (Å²) in [6, 6.07) is 0.0242. The van der Waals surface area contributed by atoms with Crippen molar-refractivity contribution in [2.75, 3.05) is 6.54 Å². The number of ether oxygens (including phenoxy) is 1. The molecule has 0 aromatic heterocycles. The summed E-state index contributed by atoms with van der Waals surface area (Å²) < 4.78 is 5.44. The SMILES string of the molecule is CC(C)(C)OC(=O)N1CCC(O)CC1C(C)(C)C. The lowest BCUT2D eigenvalue weighted by Crippen LogP contribution is -2.54. The van der Waals surface area contributed by atoms with Crippen LogP contribution in [0.4, 0.5) is 4.79 Å². The Labute approximate surface area is 110 Å². The maximum atomic E-state index is 12.2. The second-order valence-electron chi connectivity index (χ2n) is 7.23. The number of hydrogen-bond donors (Lipinski definition) is 1. The van der Waals surface area contributed by atoms with Gasteiger partial charge < -0.3 is 14.7 Å². The topological polar surface area (TPSA) is 49.8 Å². The van der Waals surface area contributed by atoms with Gasteiger partial charge in [0.25, 0.3) is 0 Å². The third-order valence-electron chi connectivity index (χ3n) is 3.20. The van der Waals surface area contributed by atoms with Crippen molar-refractivity contribution in [3.05, 3.63) is 0 Å². The lowest BCUT2D eigenvalue weighted by atomic mass is 9.80. The van der Waals surface area contributed by atoms with Crippen LogP contribution in [0.2, 0.25) is 0 Å². The molecule has 1 heterocycles. The largest absolute Gasteiger partial charge is 0.444 e. The Hall–Kier alpha value is -0.770. The number of carbonyl (C=O) groups is 1. The number of aliphatic hydroxyl groups excluding tert-OH is 1. The molecule has 0 aliphatic carbocycles. The van der Waals surface area contributed by atoms with Crippen molar-refractivity contribution in [3.8, 4) is 0 Å². The second kappa shape index (κ2) is 5.08. The van der Waals surface area contributed by atoms with Gasteiger partial charge in [-0.2, -0.15) is 0 Å². The lowest BCUT2D eigenvalue weighted by Gasteiger charge is -2.44. The zero-order chi connectivity index (χ0) is 14.1. The highest BCUT2D eigenvalue weighted by atomic mass is 16.6. The van der Waals surface area contributed by atoms with E-state index in [9.17, 15) is 9.90 Å². The van der Waals surface area contributed by atoms with Crippen LogP contribution in [-0.4, -0.2) is 40.4 Å². The Bertz CT molecular complexity index is 301. The molecular weight excluding hydrogens is 230 g/mol. The molecule has 1 aliphatic rings. The van der Waals surface area contributed by atoms with E-state index in [0.717, 1.165) is 0 Å². The van der Waals surface area contributed by atoms with Gasteiger partial charge in [-0.1, -0.05) is 20.8 Å². The zero-order valence-corrected chi connectivity index (χ0v) is 12.5. The van der Waals surface area contributed by atoms with E-state index in [4.69, 9.17) is 4.74 Å². The molecule has 0 aromatic rings. The molecule has 18 heavy (non-hydrogen) atoms. The fraction of sp³-hybridized carbons (Fsp3) is 0.929. The third kappa shape index (κ3) is 4.16. The molecule has 4 nitrogen and oxygen atoms in total. The molecule has 1 N–H and O–H groups in total. The third-order valence-corrected chi connectivity index (χ3v) is 3.20. The number of aliphatic hydroxyl groups is 1. The van der Waals surface area contributed by atoms with E-state index in [2.05, 4.69) is 20.8 Å². The molecular formula is C14H27NO3. The van der Waals surface area contributed by atoms with E-state index in [1.165, 1.54) is 0 Å². The van der Waals surface area contributed by atoms with Gasteiger partial charge in [0.15, 0.2) is 0 Å². The number of rotatable bonds is 0. The number of hydrogen-bond acceptors (Lipinski definition) is 3. The highest BCUT2D eigenvalue weighted by Gasteiger charge is 2.39. The summed E-state index contributed by atoms with van der Waals surface area (Å²) in [6.45, 7) is 12.5. The molecule has 1 saturated heterocycles. The minimum atomic E-state index is -0.477. The average Bonchev–Trinajstić information content (AvgIpc) is 2.13. The monoisotopic (exact) mass is 257 g/mol. The van der Waals surface area contributed by atoms with E-state index in [0.29, 0.717) is 19.4 Å². The molecule has 4 heteroatoms. The molecule has 0 radical (unpaired) electrons. The summed E-state index contributed by atoms with van der Waals surface area (Å²) in [6.07, 6.45) is 0.677. The van der Waals surface area contributed by atoms with Crippen LogP contribution in [0.15, 0.2) is 0 Å². The van der Waals surface area contributed by atoms with Gasteiger partial charge in [0.05, 0.1) is 6.10 Å². The summed E-state index contributed by atoms with van der Waals surface area (Å²) in [5, 5.41) is 9.80. The van der Waals surface area contributed by atoms with Crippen molar-refractivity contribution in [3.63, 3.8) is 0 Å². The summed E-state index contributed by atoms with van der Waals surface area (Å²) in [4.78, 5) is 14.0. The van der Waals surface area contributed by atoms with Crippen molar-refractivity contribution in [2.45, 2.75) is 72.1 Å². The second-order valence-corrected chi connectivity index (χ2v) is 7.23. The molecule has 0 bridgehead atoms. The standard InChI is InChI=1S/C14H27NO3/c1-13(2,3)11-9-10(16)7-8-15(11)12(17)18-14(4,5)6/h10-11,16H,7-9H2,1-6H3. The van der Waals surface area contributed by atoms with E-state index in [1.54, 1.807) is 4.90 Å². The van der Waals surface area contributed by atoms with Crippen LogP contribution in [0.25, 0.3) is 0 Å². The van der Waals surface area contributed by atoms with Gasteiger partial charge in [-0.3, -0.25) is 0 Å². The maximum absolute atomic E-state index is 12.2. The first-order valence-corrected chi connectivity index (χ1v) is 6.68. The number of amides is 1. The quantitative estimate of drug-likeness (QED) is 0.726. The van der Waals surface area contributed by atoms with Crippen molar-refractivity contribution >= 4 is 6.09 Å². The lowest BCUT2D eigenvalue weighted by molar-refractivity contribution is -0.0307. The van der Waals surface area contributed by atoms with Crippen LogP contribution in [-0.2, 0) is 4.74 Å². The number of piperidine rings is 1. The average molecular weight is 257 g/mol. The highest BCUT2D eigenvalue weighted by Crippen LogP contribution is 2.32. The summed E-state index contributed by atoms with van der Waals surface area (Å²) in [5.41, 5.74) is -0.534. The van der Waals surface area contributed by atoms with Gasteiger partial charge in [0.2, 0.25) is 0 Å². The molecule has 1 amide bonds. The van der Waals surface area contributed by atoms with Crippen LogP contribution < -0.4 is 0 Å². The van der Waals surface area contributed by atoms with Gasteiger partial charge in [-0.25, -0.2) is 4.79 Å². The van der Waals surface area contributed by atoms with E-state index in [1.807, 2.05) is 20.8 Å². The van der Waals surface area contributed by atoms with Gasteiger partial charge in [-0.05, 0) is 39.0 Å². The Kier molecular flexibility index (Phi) is 4.31. The fourth-order valence-electron chi connectivity index (χ4n) is 2.31. The van der Waals surface area contributed by atoms with Crippen LogP contribution in [0.5, 0.6) is 0 Å². The number of likely N-dealkylation sites (tertiary alicyclic amines) is 1. The summed E-state index contributed by atoms with van der Waals surface area (Å²) >= 11 is 0. The molecule has 2 atom stereocenters. The van der Waals surface area contributed by atoms with Gasteiger partial charge >= 0.3 is 6.09 Å². The van der Waals surface area contributed by atoms with Crippen molar-refractivity contribution in [1.29, 1.82) is 0 Å². The normalized spacial score (nSPS) is 26.1. The highest BCUT2D eigenvalue weighted by molar-refractivity contribution is 5.68. The molecule has 0 saturated carbocycles. The Balaban J connectivity index is 2.81. The van der Waals surface area contributed by atoms with Crippen LogP contribution in [0.3, 0.4) is 0 Å². The molecule has 2 unspecified atom stereocenters. The van der Waals surface area contributed by atoms with E-state index >= 15 is 0 Å². The summed E-state index contributed by atoms with van der Waals surface area (Å²) in [5.74, 6) is 0. The zero-order valence-electron chi connectivity index (χ0n) is 12.5. The minimum absolute atomic E-state index is 0.0242. The van der Waals surface area contributed by atoms with Gasteiger partial charge in [-0.15, -0.1) is 0 Å². The van der Waals surface area contributed by atoms with Crippen molar-refractivity contribution in [2.24, 2.45) is 5.41 Å². The fourth-order valence-corrected chi connectivity index (χ4v) is 2.31. The molecule has 106 valence electrons. The molecule has 1 aliphatic heterocycles. The van der Waals surface area contributed by atoms with Crippen molar-refractivity contribution < 1.29 is 14.6 Å². The number of carbonyl (C=O) groups excluding carboxylic acids is 1. The Morgan fingerprint density at radius 2 is 1.78 bits per heavy atom. The van der Waals surface area contributed by atoms with Gasteiger partial charge in [0, 0.05) is 12.6 Å². The van der Waals surface area contributed by atoms with E-state index < -0.39 is 5.60 Å². The first kappa shape index (κ1) is 15.3. The van der Waals surface area contributed by atoms with E-state index in [-0.39, 0.29) is 23.7 Å². The molecule has 0 spiro atoms. The summed E-state index contributed by atoms with van der Waals surface area (Å²) in [7, 11) is 0. The first-order valence-electron chi connectivity index (χ1n) is 6.68. The Morgan fingerprint density at radius 1 is 1.22 bits per heavy atom. The molecule has 1 rings (SSSR count). The smallest absolute Gasteiger partial charge is 0.410 e. The predicted molar refractivity (Wildman–Crippen MR) is 71.4 cm³/mol. The minimum Gasteiger partial charge on any atom is -0.444 e. The Morgan fingerprint density at radius 3 is 2.22 bits per heavy atom. The van der Waals surface area contributed by atoms with Crippen LogP contribution >= 0.6 is 0 Å². The maximum Gasteiger partial charge on any atom is 0.410 e. The first-order chi connectivity index (χ1) is 8.00. The predicted octanol–water partition coefficient (Wildman–Crippen LogP) is 2.79. The molecule has 1 fully saturated rings.